The van der Waals surface area contributed by atoms with Gasteiger partial charge in [0.2, 0.25) is 0 Å². The van der Waals surface area contributed by atoms with Crippen molar-refractivity contribution in [1.29, 1.82) is 0 Å². The van der Waals surface area contributed by atoms with Crippen molar-refractivity contribution in [2.75, 3.05) is 0 Å². The van der Waals surface area contributed by atoms with Crippen molar-refractivity contribution >= 4 is 5.91 Å². The lowest BCUT2D eigenvalue weighted by Gasteiger charge is -2.28. The first-order chi connectivity index (χ1) is 12.5. The van der Waals surface area contributed by atoms with E-state index in [1.165, 1.54) is 0 Å². The largest absolute Gasteiger partial charge is 0.330 e. The van der Waals surface area contributed by atoms with Gasteiger partial charge in [-0.3, -0.25) is 19.6 Å². The highest BCUT2D eigenvalue weighted by Gasteiger charge is 2.23. The second-order valence-electron chi connectivity index (χ2n) is 6.49. The topological polar surface area (TPSA) is 79.7 Å². The van der Waals surface area contributed by atoms with Gasteiger partial charge in [-0.05, 0) is 38.0 Å². The minimum absolute atomic E-state index is 0.0662. The van der Waals surface area contributed by atoms with Crippen molar-refractivity contribution in [3.05, 3.63) is 53.7 Å². The summed E-state index contributed by atoms with van der Waals surface area (Å²) in [4.78, 5) is 19.1. The summed E-state index contributed by atoms with van der Waals surface area (Å²) in [7, 11) is 1.89. The summed E-state index contributed by atoms with van der Waals surface area (Å²) in [6.07, 6.45) is 6.16. The number of aromatic amines is 1. The summed E-state index contributed by atoms with van der Waals surface area (Å²) in [6.45, 7) is 6.62. The van der Waals surface area contributed by atoms with E-state index in [1.54, 1.807) is 29.3 Å². The number of pyridine rings is 1. The molecule has 136 valence electrons. The molecule has 1 N–H and O–H groups in total. The molecular weight excluding hydrogens is 328 g/mol. The molecule has 7 heteroatoms. The summed E-state index contributed by atoms with van der Waals surface area (Å²) in [5.74, 6) is -0.0662. The van der Waals surface area contributed by atoms with Gasteiger partial charge in [-0.15, -0.1) is 0 Å². The highest BCUT2D eigenvalue weighted by Crippen LogP contribution is 2.22. The van der Waals surface area contributed by atoms with Crippen LogP contribution < -0.4 is 0 Å². The number of aromatic nitrogens is 5. The van der Waals surface area contributed by atoms with Gasteiger partial charge >= 0.3 is 0 Å². The van der Waals surface area contributed by atoms with Crippen LogP contribution in [0.25, 0.3) is 11.3 Å². The lowest BCUT2D eigenvalue weighted by Crippen LogP contribution is -2.38. The average Bonchev–Trinajstić information content (AvgIpc) is 3.27. The van der Waals surface area contributed by atoms with Crippen LogP contribution in [-0.2, 0) is 13.6 Å². The first kappa shape index (κ1) is 17.8. The lowest BCUT2D eigenvalue weighted by atomic mass is 10.1. The number of aryl methyl sites for hydroxylation is 1. The Labute approximate surface area is 153 Å². The van der Waals surface area contributed by atoms with Gasteiger partial charge in [0.1, 0.15) is 5.69 Å². The monoisotopic (exact) mass is 352 g/mol. The number of carbonyl (C=O) groups excluding carboxylic acids is 1. The maximum Gasteiger partial charge on any atom is 0.272 e. The molecule has 0 aliphatic heterocycles. The third kappa shape index (κ3) is 3.51. The Morgan fingerprint density at radius 1 is 1.38 bits per heavy atom. The van der Waals surface area contributed by atoms with Gasteiger partial charge in [0.25, 0.3) is 5.91 Å². The molecule has 0 radical (unpaired) electrons. The molecule has 7 nitrogen and oxygen atoms in total. The molecule has 0 aliphatic rings. The van der Waals surface area contributed by atoms with Crippen LogP contribution >= 0.6 is 0 Å². The standard InChI is InChI=1S/C19H24N6O/c1-5-13(2)25(12-15-7-6-8-20-10-15)19(26)18-9-17(22-23-18)16-11-21-24(4)14(16)3/h6-11,13H,5,12H2,1-4H3,(H,22,23). The molecule has 0 aromatic carbocycles. The Bertz CT molecular complexity index is 883. The number of H-pyrrole nitrogens is 1. The zero-order valence-electron chi connectivity index (χ0n) is 15.6. The van der Waals surface area contributed by atoms with Crippen molar-refractivity contribution < 1.29 is 4.79 Å². The molecule has 1 unspecified atom stereocenters. The molecule has 0 fully saturated rings. The van der Waals surface area contributed by atoms with Crippen LogP contribution in [0.15, 0.2) is 36.8 Å². The molecular formula is C19H24N6O. The SMILES string of the molecule is CCC(C)N(Cc1cccnc1)C(=O)c1cc(-c2cnn(C)c2C)n[nH]1. The van der Waals surface area contributed by atoms with Gasteiger partial charge in [-0.2, -0.15) is 10.2 Å². The number of hydrogen-bond acceptors (Lipinski definition) is 4. The first-order valence-electron chi connectivity index (χ1n) is 8.75. The van der Waals surface area contributed by atoms with E-state index in [0.717, 1.165) is 28.9 Å². The van der Waals surface area contributed by atoms with E-state index in [0.29, 0.717) is 12.2 Å². The summed E-state index contributed by atoms with van der Waals surface area (Å²) in [5.41, 5.74) is 4.13. The fourth-order valence-electron chi connectivity index (χ4n) is 2.81. The van der Waals surface area contributed by atoms with Gasteiger partial charge < -0.3 is 4.90 Å². The van der Waals surface area contributed by atoms with Crippen LogP contribution in [0.3, 0.4) is 0 Å². The molecule has 0 spiro atoms. The number of nitrogens with one attached hydrogen (secondary N) is 1. The van der Waals surface area contributed by atoms with Crippen LogP contribution in [0.4, 0.5) is 0 Å². The van der Waals surface area contributed by atoms with Crippen LogP contribution in [0, 0.1) is 6.92 Å². The van der Waals surface area contributed by atoms with E-state index in [2.05, 4.69) is 34.1 Å². The van der Waals surface area contributed by atoms with Crippen LogP contribution in [0.2, 0.25) is 0 Å². The minimum Gasteiger partial charge on any atom is -0.330 e. The molecule has 0 saturated carbocycles. The maximum absolute atomic E-state index is 13.1. The number of amides is 1. The van der Waals surface area contributed by atoms with E-state index in [9.17, 15) is 4.79 Å². The first-order valence-corrected chi connectivity index (χ1v) is 8.75. The van der Waals surface area contributed by atoms with Crippen LogP contribution in [-0.4, -0.2) is 41.8 Å². The van der Waals surface area contributed by atoms with Crippen LogP contribution in [0.5, 0.6) is 0 Å². The van der Waals surface area contributed by atoms with E-state index >= 15 is 0 Å². The zero-order chi connectivity index (χ0) is 18.7. The van der Waals surface area contributed by atoms with Gasteiger partial charge in [-0.25, -0.2) is 0 Å². The normalized spacial score (nSPS) is 12.2. The highest BCUT2D eigenvalue weighted by molar-refractivity contribution is 5.93. The van der Waals surface area contributed by atoms with Crippen molar-refractivity contribution in [2.45, 2.75) is 39.8 Å². The van der Waals surface area contributed by atoms with Gasteiger partial charge in [0, 0.05) is 43.3 Å². The highest BCUT2D eigenvalue weighted by atomic mass is 16.2. The Kier molecular flexibility index (Phi) is 5.16. The van der Waals surface area contributed by atoms with E-state index in [4.69, 9.17) is 0 Å². The smallest absolute Gasteiger partial charge is 0.272 e. The van der Waals surface area contributed by atoms with Crippen molar-refractivity contribution in [1.82, 2.24) is 29.9 Å². The van der Waals surface area contributed by atoms with Gasteiger partial charge in [0.05, 0.1) is 11.9 Å². The molecule has 0 saturated heterocycles. The third-order valence-electron chi connectivity index (χ3n) is 4.78. The number of carbonyl (C=O) groups is 1. The Morgan fingerprint density at radius 3 is 2.81 bits per heavy atom. The minimum atomic E-state index is -0.0662. The molecule has 3 aromatic rings. The second-order valence-corrected chi connectivity index (χ2v) is 6.49. The molecule has 1 atom stereocenters. The summed E-state index contributed by atoms with van der Waals surface area (Å²) < 4.78 is 1.79. The second kappa shape index (κ2) is 7.51. The number of nitrogens with zero attached hydrogens (tertiary/aromatic N) is 5. The van der Waals surface area contributed by atoms with Gasteiger partial charge in [0.15, 0.2) is 0 Å². The van der Waals surface area contributed by atoms with E-state index in [-0.39, 0.29) is 11.9 Å². The molecule has 1 amide bonds. The van der Waals surface area contributed by atoms with Gasteiger partial charge in [-0.1, -0.05) is 13.0 Å². The summed E-state index contributed by atoms with van der Waals surface area (Å²) >= 11 is 0. The van der Waals surface area contributed by atoms with E-state index < -0.39 is 0 Å². The Hall–Kier alpha value is -2.96. The fraction of sp³-hybridized carbons (Fsp3) is 0.368. The van der Waals surface area contributed by atoms with Crippen LogP contribution in [0.1, 0.15) is 42.0 Å². The molecule has 3 heterocycles. The average molecular weight is 352 g/mol. The number of rotatable bonds is 6. The number of hydrogen-bond donors (Lipinski definition) is 1. The molecule has 26 heavy (non-hydrogen) atoms. The quantitative estimate of drug-likeness (QED) is 0.740. The molecule has 3 aromatic heterocycles. The van der Waals surface area contributed by atoms with E-state index in [1.807, 2.05) is 31.0 Å². The fourth-order valence-corrected chi connectivity index (χ4v) is 2.81. The summed E-state index contributed by atoms with van der Waals surface area (Å²) in [6, 6.07) is 5.76. The Balaban J connectivity index is 1.86. The van der Waals surface area contributed by atoms with Crippen molar-refractivity contribution in [2.24, 2.45) is 7.05 Å². The molecule has 3 rings (SSSR count). The maximum atomic E-state index is 13.1. The molecule has 0 aliphatic carbocycles. The van der Waals surface area contributed by atoms with Crippen molar-refractivity contribution in [3.8, 4) is 11.3 Å². The Morgan fingerprint density at radius 2 is 2.19 bits per heavy atom. The van der Waals surface area contributed by atoms with Crippen molar-refractivity contribution in [3.63, 3.8) is 0 Å². The zero-order valence-corrected chi connectivity index (χ0v) is 15.6. The summed E-state index contributed by atoms with van der Waals surface area (Å²) in [5, 5.41) is 11.4. The lowest BCUT2D eigenvalue weighted by molar-refractivity contribution is 0.0665. The predicted octanol–water partition coefficient (Wildman–Crippen LogP) is 2.95. The molecule has 0 bridgehead atoms. The predicted molar refractivity (Wildman–Crippen MR) is 99.4 cm³/mol. The third-order valence-corrected chi connectivity index (χ3v) is 4.78.